The monoisotopic (exact) mass is 528 g/mol. The average molecular weight is 529 g/mol. The van der Waals surface area contributed by atoms with Crippen LogP contribution in [0.3, 0.4) is 0 Å². The zero-order chi connectivity index (χ0) is 27.9. The number of esters is 2. The number of hydrogen-bond acceptors (Lipinski definition) is 5. The first-order chi connectivity index (χ1) is 17.6. The average Bonchev–Trinajstić information content (AvgIpc) is 2.85. The number of carbonyl (C=O) groups excluding carboxylic acids is 2. The van der Waals surface area contributed by atoms with E-state index < -0.39 is 11.5 Å². The van der Waals surface area contributed by atoms with Crippen LogP contribution in [0.2, 0.25) is 0 Å². The van der Waals surface area contributed by atoms with Crippen LogP contribution in [0.5, 0.6) is 0 Å². The van der Waals surface area contributed by atoms with E-state index in [0.717, 1.165) is 64.2 Å². The van der Waals surface area contributed by atoms with Crippen LogP contribution in [0.15, 0.2) is 11.6 Å². The summed E-state index contributed by atoms with van der Waals surface area (Å²) in [6.45, 7) is 16.2. The Bertz CT molecular complexity index is 1030. The third-order valence-electron chi connectivity index (χ3n) is 13.6. The van der Waals surface area contributed by atoms with E-state index in [4.69, 9.17) is 9.47 Å². The summed E-state index contributed by atoms with van der Waals surface area (Å²) >= 11 is 0. The van der Waals surface area contributed by atoms with Crippen LogP contribution < -0.4 is 0 Å². The molecule has 5 nitrogen and oxygen atoms in total. The first-order valence-electron chi connectivity index (χ1n) is 15.2. The van der Waals surface area contributed by atoms with E-state index >= 15 is 0 Å². The highest BCUT2D eigenvalue weighted by Crippen LogP contribution is 2.75. The summed E-state index contributed by atoms with van der Waals surface area (Å²) in [4.78, 5) is 25.2. The molecule has 5 aliphatic rings. The minimum atomic E-state index is -0.450. The number of methoxy groups -OCH3 is 1. The number of allylic oxidation sites excluding steroid dienone is 2. The summed E-state index contributed by atoms with van der Waals surface area (Å²) in [6, 6.07) is 0. The van der Waals surface area contributed by atoms with Gasteiger partial charge in [0, 0.05) is 12.3 Å². The fourth-order valence-electron chi connectivity index (χ4n) is 11.1. The van der Waals surface area contributed by atoms with Gasteiger partial charge in [0.2, 0.25) is 0 Å². The molecule has 0 radical (unpaired) electrons. The molecular formula is C33H52O5. The molecule has 5 heteroatoms. The van der Waals surface area contributed by atoms with Crippen LogP contribution in [0.4, 0.5) is 0 Å². The lowest BCUT2D eigenvalue weighted by molar-refractivity contribution is -0.220. The Labute approximate surface area is 230 Å². The minimum absolute atomic E-state index is 0.00593. The van der Waals surface area contributed by atoms with Crippen molar-refractivity contribution in [1.29, 1.82) is 0 Å². The van der Waals surface area contributed by atoms with Crippen LogP contribution in [-0.2, 0) is 19.1 Å². The van der Waals surface area contributed by atoms with Gasteiger partial charge in [0.1, 0.15) is 0 Å². The predicted molar refractivity (Wildman–Crippen MR) is 148 cm³/mol. The second-order valence-electron chi connectivity index (χ2n) is 15.7. The van der Waals surface area contributed by atoms with Crippen LogP contribution >= 0.6 is 0 Å². The van der Waals surface area contributed by atoms with Gasteiger partial charge in [-0.05, 0) is 104 Å². The number of aliphatic hydroxyl groups excluding tert-OH is 1. The number of hydrogen-bond donors (Lipinski definition) is 1. The van der Waals surface area contributed by atoms with Crippen LogP contribution in [-0.4, -0.2) is 36.9 Å². The van der Waals surface area contributed by atoms with E-state index in [-0.39, 0.29) is 44.9 Å². The molecule has 0 aliphatic heterocycles. The fourth-order valence-corrected chi connectivity index (χ4v) is 11.1. The van der Waals surface area contributed by atoms with Crippen molar-refractivity contribution in [3.8, 4) is 0 Å². The lowest BCUT2D eigenvalue weighted by atomic mass is 9.33. The Hall–Kier alpha value is -1.36. The fraction of sp³-hybridized carbons (Fsp3) is 0.879. The van der Waals surface area contributed by atoms with Gasteiger partial charge in [0.05, 0.1) is 25.2 Å². The number of ether oxygens (including phenoxy) is 2. The summed E-state index contributed by atoms with van der Waals surface area (Å²) < 4.78 is 11.1. The topological polar surface area (TPSA) is 72.8 Å². The van der Waals surface area contributed by atoms with E-state index in [9.17, 15) is 14.7 Å². The highest BCUT2D eigenvalue weighted by atomic mass is 16.5. The number of aliphatic hydroxyl groups is 1. The second-order valence-corrected chi connectivity index (χ2v) is 15.7. The van der Waals surface area contributed by atoms with Crippen LogP contribution in [0.1, 0.15) is 113 Å². The molecule has 9 atom stereocenters. The zero-order valence-electron chi connectivity index (χ0n) is 25.2. The van der Waals surface area contributed by atoms with Gasteiger partial charge in [0.15, 0.2) is 0 Å². The maximum atomic E-state index is 13.4. The molecule has 0 amide bonds. The summed E-state index contributed by atoms with van der Waals surface area (Å²) in [5.74, 6) is 0.792. The molecule has 1 N–H and O–H groups in total. The molecule has 0 aromatic carbocycles. The molecule has 0 saturated heterocycles. The third kappa shape index (κ3) is 3.65. The van der Waals surface area contributed by atoms with Gasteiger partial charge in [-0.3, -0.25) is 9.59 Å². The van der Waals surface area contributed by atoms with Gasteiger partial charge in [-0.2, -0.15) is 0 Å². The molecule has 4 fully saturated rings. The quantitative estimate of drug-likeness (QED) is 0.320. The highest BCUT2D eigenvalue weighted by Gasteiger charge is 2.69. The van der Waals surface area contributed by atoms with E-state index in [2.05, 4.69) is 47.6 Å². The molecule has 214 valence electrons. The predicted octanol–water partition coefficient (Wildman–Crippen LogP) is 6.87. The molecule has 5 rings (SSSR count). The lowest BCUT2D eigenvalue weighted by Gasteiger charge is -2.71. The molecule has 38 heavy (non-hydrogen) atoms. The Kier molecular flexibility index (Phi) is 6.54. The molecule has 0 aromatic heterocycles. The van der Waals surface area contributed by atoms with Gasteiger partial charge in [-0.15, -0.1) is 0 Å². The summed E-state index contributed by atoms with van der Waals surface area (Å²) in [7, 11) is 1.57. The Morgan fingerprint density at radius 1 is 0.947 bits per heavy atom. The number of carbonyl (C=O) groups is 2. The van der Waals surface area contributed by atoms with Crippen molar-refractivity contribution in [3.63, 3.8) is 0 Å². The SMILES string of the molecule is COC(=O)[C@]12CCC(C)(C)C[C@@H]1C1=CC[C@@H]3[C@@]4(C)CC[C@H](O)[C@](C)(COC(C)=O)C4CC[C@@]3(C)[C@]1(C)CC2. The Morgan fingerprint density at radius 3 is 2.29 bits per heavy atom. The largest absolute Gasteiger partial charge is 0.469 e. The van der Waals surface area contributed by atoms with Crippen molar-refractivity contribution in [3.05, 3.63) is 11.6 Å². The first-order valence-corrected chi connectivity index (χ1v) is 15.2. The van der Waals surface area contributed by atoms with Gasteiger partial charge < -0.3 is 14.6 Å². The van der Waals surface area contributed by atoms with Crippen molar-refractivity contribution in [2.24, 2.45) is 50.2 Å². The minimum Gasteiger partial charge on any atom is -0.469 e. The standard InChI is InChI=1S/C33H52O5/c1-21(34)38-20-30(5)24-11-14-32(7)25(29(24,4)13-12-26(30)35)10-9-22-23-19-28(2,3)15-17-33(23,27(36)37-8)18-16-31(22,32)6/h9,23-26,35H,10-20H2,1-8H3/t23-,24?,25-,26+,29+,30-,31-,32-,33+/m1/s1. The maximum Gasteiger partial charge on any atom is 0.312 e. The van der Waals surface area contributed by atoms with Crippen molar-refractivity contribution in [2.45, 2.75) is 119 Å². The van der Waals surface area contributed by atoms with Crippen LogP contribution in [0.25, 0.3) is 0 Å². The van der Waals surface area contributed by atoms with Crippen molar-refractivity contribution in [2.75, 3.05) is 13.7 Å². The van der Waals surface area contributed by atoms with E-state index in [1.165, 1.54) is 6.92 Å². The molecule has 0 spiro atoms. The van der Waals surface area contributed by atoms with Crippen molar-refractivity contribution < 1.29 is 24.2 Å². The molecule has 4 saturated carbocycles. The molecule has 0 heterocycles. The summed E-state index contributed by atoms with van der Waals surface area (Å²) in [6.07, 6.45) is 12.1. The lowest BCUT2D eigenvalue weighted by Crippen LogP contribution is -2.66. The van der Waals surface area contributed by atoms with Crippen molar-refractivity contribution in [1.82, 2.24) is 0 Å². The molecule has 0 aromatic rings. The molecular weight excluding hydrogens is 476 g/mol. The highest BCUT2D eigenvalue weighted by molar-refractivity contribution is 5.78. The number of rotatable bonds is 3. The van der Waals surface area contributed by atoms with Crippen molar-refractivity contribution >= 4 is 11.9 Å². The van der Waals surface area contributed by atoms with Gasteiger partial charge >= 0.3 is 11.9 Å². The molecule has 1 unspecified atom stereocenters. The normalized spacial score (nSPS) is 49.3. The molecule has 0 bridgehead atoms. The molecule has 5 aliphatic carbocycles. The van der Waals surface area contributed by atoms with E-state index in [1.54, 1.807) is 12.7 Å². The summed E-state index contributed by atoms with van der Waals surface area (Å²) in [5.41, 5.74) is 1.19. The smallest absolute Gasteiger partial charge is 0.312 e. The maximum absolute atomic E-state index is 13.4. The third-order valence-corrected chi connectivity index (χ3v) is 13.6. The van der Waals surface area contributed by atoms with E-state index in [0.29, 0.717) is 18.4 Å². The van der Waals surface area contributed by atoms with E-state index in [1.807, 2.05) is 0 Å². The van der Waals surface area contributed by atoms with Gasteiger partial charge in [-0.25, -0.2) is 0 Å². The van der Waals surface area contributed by atoms with Gasteiger partial charge in [-0.1, -0.05) is 53.2 Å². The summed E-state index contributed by atoms with van der Waals surface area (Å²) in [5, 5.41) is 11.2. The van der Waals surface area contributed by atoms with Crippen LogP contribution in [0, 0.1) is 50.2 Å². The first kappa shape index (κ1) is 28.2. The second kappa shape index (κ2) is 8.82. The zero-order valence-corrected chi connectivity index (χ0v) is 25.2. The number of fused-ring (bicyclic) bond motifs is 7. The Morgan fingerprint density at radius 2 is 1.63 bits per heavy atom. The Balaban J connectivity index is 1.56. The van der Waals surface area contributed by atoms with Gasteiger partial charge in [0.25, 0.3) is 0 Å².